The molecule has 0 aliphatic heterocycles. The van der Waals surface area contributed by atoms with Crippen molar-refractivity contribution in [2.45, 2.75) is 25.5 Å². The molecule has 0 spiro atoms. The first-order valence-electron chi connectivity index (χ1n) is 12.0. The molecule has 0 aromatic heterocycles. The van der Waals surface area contributed by atoms with Gasteiger partial charge in [-0.3, -0.25) is 9.59 Å². The number of aliphatic hydroxyl groups is 1. The number of aliphatic hydroxyl groups excluding tert-OH is 1. The number of amides is 2. The molecule has 0 unspecified atom stereocenters. The van der Waals surface area contributed by atoms with Gasteiger partial charge in [-0.25, -0.2) is 4.79 Å². The Hall–Kier alpha value is -4.14. The quantitative estimate of drug-likeness (QED) is 0.332. The van der Waals surface area contributed by atoms with Gasteiger partial charge in [0.2, 0.25) is 5.91 Å². The van der Waals surface area contributed by atoms with Gasteiger partial charge >= 0.3 is 6.09 Å². The molecule has 0 heterocycles. The van der Waals surface area contributed by atoms with Gasteiger partial charge in [-0.1, -0.05) is 78.9 Å². The largest absolute Gasteiger partial charge is 0.445 e. The zero-order valence-corrected chi connectivity index (χ0v) is 21.7. The molecule has 0 saturated heterocycles. The van der Waals surface area contributed by atoms with E-state index in [4.69, 9.17) is 9.84 Å². The lowest BCUT2D eigenvalue weighted by Gasteiger charge is -2.20. The second kappa shape index (κ2) is 14.0. The highest BCUT2D eigenvalue weighted by Crippen LogP contribution is 2.30. The van der Waals surface area contributed by atoms with Gasteiger partial charge in [-0.15, -0.1) is 0 Å². The van der Waals surface area contributed by atoms with Crippen molar-refractivity contribution in [2.24, 2.45) is 0 Å². The average molecular weight is 531 g/mol. The molecule has 4 rings (SSSR count). The van der Waals surface area contributed by atoms with Crippen LogP contribution in [0.15, 0.2) is 91.0 Å². The molecular weight excluding hydrogens is 500 g/mol. The van der Waals surface area contributed by atoms with Crippen molar-refractivity contribution in [3.05, 3.63) is 113 Å². The van der Waals surface area contributed by atoms with E-state index >= 15 is 0 Å². The van der Waals surface area contributed by atoms with Crippen LogP contribution in [0.1, 0.15) is 28.7 Å². The van der Waals surface area contributed by atoms with Crippen molar-refractivity contribution < 1.29 is 24.2 Å². The molecule has 196 valence electrons. The topological polar surface area (TPSA) is 105 Å². The Kier molecular flexibility index (Phi) is 10.5. The Bertz CT molecular complexity index is 1320. The molecule has 1 aliphatic carbocycles. The van der Waals surface area contributed by atoms with E-state index in [1.54, 1.807) is 30.3 Å². The summed E-state index contributed by atoms with van der Waals surface area (Å²) in [6.45, 7) is -0.450. The highest BCUT2D eigenvalue weighted by molar-refractivity contribution is 7.59. The number of allylic oxidation sites excluding steroid dienone is 1. The van der Waals surface area contributed by atoms with Gasteiger partial charge in [0.15, 0.2) is 5.78 Å². The predicted octanol–water partition coefficient (Wildman–Crippen LogP) is 4.64. The average Bonchev–Trinajstić information content (AvgIpc) is 3.34. The number of benzene rings is 3. The molecule has 0 radical (unpaired) electrons. The first-order valence-corrected chi connectivity index (χ1v) is 12.0. The number of nitrogens with one attached hydrogen (secondary N) is 2. The second-order valence-corrected chi connectivity index (χ2v) is 8.62. The van der Waals surface area contributed by atoms with Gasteiger partial charge in [0.25, 0.3) is 0 Å². The summed E-state index contributed by atoms with van der Waals surface area (Å²) in [7, 11) is 0. The summed E-state index contributed by atoms with van der Waals surface area (Å²) in [5.41, 5.74) is 5.39. The van der Waals surface area contributed by atoms with Crippen molar-refractivity contribution in [2.75, 3.05) is 11.9 Å². The summed E-state index contributed by atoms with van der Waals surface area (Å²) in [5.74, 6) is -0.770. The Morgan fingerprint density at radius 2 is 1.66 bits per heavy atom. The number of fused-ring (bicyclic) bond motifs is 1. The van der Waals surface area contributed by atoms with E-state index in [-0.39, 0.29) is 26.0 Å². The van der Waals surface area contributed by atoms with Crippen molar-refractivity contribution in [1.82, 2.24) is 5.32 Å². The van der Waals surface area contributed by atoms with E-state index in [9.17, 15) is 14.4 Å². The molecule has 38 heavy (non-hydrogen) atoms. The number of carbonyl (C=O) groups is 3. The summed E-state index contributed by atoms with van der Waals surface area (Å²) in [6.07, 6.45) is 5.38. The number of hydrogen-bond acceptors (Lipinski definition) is 5. The molecule has 1 aliphatic rings. The number of hydrogen-bond donors (Lipinski definition) is 3. The smallest absolute Gasteiger partial charge is 0.408 e. The fourth-order valence-electron chi connectivity index (χ4n) is 4.03. The lowest BCUT2D eigenvalue weighted by atomic mass is 9.99. The summed E-state index contributed by atoms with van der Waals surface area (Å²) < 4.78 is 5.36. The highest BCUT2D eigenvalue weighted by atomic mass is 32.1. The second-order valence-electron chi connectivity index (χ2n) is 8.62. The number of alkyl carbamates (subject to hydrolysis) is 1. The molecule has 7 nitrogen and oxygen atoms in total. The zero-order chi connectivity index (χ0) is 26.0. The molecule has 0 bridgehead atoms. The maximum atomic E-state index is 13.3. The molecule has 1 atom stereocenters. The van der Waals surface area contributed by atoms with Crippen molar-refractivity contribution >= 4 is 48.6 Å². The standard InChI is InChI=1S/C30H28N2O5.H2S/c33-19-26(34)17-12-21-10-15-25(16-11-21)31-29(35)28(18-24-14-13-23-8-4-5-9-27(23)24)32-30(36)37-20-22-6-2-1-3-7-22;/h1-12,14-17,28,33H,13,18-20H2,(H,31,35)(H,32,36);1H2/b17-12+;/t28-;/m0./s1. The Balaban J connectivity index is 0.00000400. The molecule has 3 aromatic carbocycles. The van der Waals surface area contributed by atoms with Gasteiger partial charge < -0.3 is 20.5 Å². The molecule has 2 amide bonds. The lowest BCUT2D eigenvalue weighted by Crippen LogP contribution is -2.44. The fraction of sp³-hybridized carbons (Fsp3) is 0.167. The van der Waals surface area contributed by atoms with Gasteiger partial charge in [0, 0.05) is 12.1 Å². The van der Waals surface area contributed by atoms with Gasteiger partial charge in [-0.05, 0) is 52.5 Å². The van der Waals surface area contributed by atoms with Gasteiger partial charge in [0.1, 0.15) is 19.3 Å². The minimum Gasteiger partial charge on any atom is -0.445 e. The summed E-state index contributed by atoms with van der Waals surface area (Å²) in [5, 5.41) is 14.4. The van der Waals surface area contributed by atoms with E-state index < -0.39 is 24.5 Å². The number of ether oxygens (including phenoxy) is 1. The number of anilines is 1. The highest BCUT2D eigenvalue weighted by Gasteiger charge is 2.26. The minimum atomic E-state index is -0.859. The van der Waals surface area contributed by atoms with E-state index in [1.807, 2.05) is 48.5 Å². The SMILES string of the molecule is O=C(/C=C/c1ccc(NC(=O)[C@H](CC2=CCc3ccccc32)NC(=O)OCc2ccccc2)cc1)CO.S. The molecule has 0 saturated carbocycles. The van der Waals surface area contributed by atoms with Crippen LogP contribution in [0.4, 0.5) is 10.5 Å². The van der Waals surface area contributed by atoms with Crippen LogP contribution in [-0.2, 0) is 27.4 Å². The van der Waals surface area contributed by atoms with E-state index in [1.165, 1.54) is 11.6 Å². The summed E-state index contributed by atoms with van der Waals surface area (Å²) in [4.78, 5) is 37.1. The Morgan fingerprint density at radius 3 is 2.39 bits per heavy atom. The van der Waals surface area contributed by atoms with E-state index in [0.717, 1.165) is 28.7 Å². The maximum Gasteiger partial charge on any atom is 0.408 e. The van der Waals surface area contributed by atoms with Crippen LogP contribution in [0.2, 0.25) is 0 Å². The number of rotatable bonds is 10. The predicted molar refractivity (Wildman–Crippen MR) is 153 cm³/mol. The van der Waals surface area contributed by atoms with Crippen LogP contribution in [-0.4, -0.2) is 35.5 Å². The normalized spacial score (nSPS) is 12.6. The molecule has 0 fully saturated rings. The first-order chi connectivity index (χ1) is 18.0. The van der Waals surface area contributed by atoms with E-state index in [2.05, 4.69) is 22.8 Å². The first kappa shape index (κ1) is 28.4. The van der Waals surface area contributed by atoms with E-state index in [0.29, 0.717) is 12.1 Å². The number of ketones is 1. The van der Waals surface area contributed by atoms with Gasteiger partial charge in [0.05, 0.1) is 0 Å². The van der Waals surface area contributed by atoms with Crippen molar-refractivity contribution in [3.8, 4) is 0 Å². The van der Waals surface area contributed by atoms with Crippen LogP contribution in [0.5, 0.6) is 0 Å². The van der Waals surface area contributed by atoms with Crippen molar-refractivity contribution in [3.63, 3.8) is 0 Å². The summed E-state index contributed by atoms with van der Waals surface area (Å²) in [6, 6.07) is 23.4. The third kappa shape index (κ3) is 7.93. The maximum absolute atomic E-state index is 13.3. The Labute approximate surface area is 228 Å². The molecule has 8 heteroatoms. The molecule has 3 N–H and O–H groups in total. The third-order valence-electron chi connectivity index (χ3n) is 5.97. The third-order valence-corrected chi connectivity index (χ3v) is 5.97. The van der Waals surface area contributed by atoms with Gasteiger partial charge in [-0.2, -0.15) is 13.5 Å². The van der Waals surface area contributed by atoms with Crippen molar-refractivity contribution in [1.29, 1.82) is 0 Å². The van der Waals surface area contributed by atoms with Crippen LogP contribution in [0, 0.1) is 0 Å². The molecular formula is C30H30N2O5S. The zero-order valence-electron chi connectivity index (χ0n) is 20.7. The number of carbonyl (C=O) groups excluding carboxylic acids is 3. The van der Waals surface area contributed by atoms with Crippen LogP contribution in [0.3, 0.4) is 0 Å². The van der Waals surface area contributed by atoms with Crippen LogP contribution in [0.25, 0.3) is 11.6 Å². The molecule has 3 aromatic rings. The monoisotopic (exact) mass is 530 g/mol. The lowest BCUT2D eigenvalue weighted by molar-refractivity contribution is -0.118. The van der Waals surface area contributed by atoms with Crippen LogP contribution >= 0.6 is 13.5 Å². The minimum absolute atomic E-state index is 0. The van der Waals surface area contributed by atoms with Crippen LogP contribution < -0.4 is 10.6 Å². The fourth-order valence-corrected chi connectivity index (χ4v) is 4.03. The Morgan fingerprint density at radius 1 is 0.947 bits per heavy atom. The summed E-state index contributed by atoms with van der Waals surface area (Å²) >= 11 is 0.